The van der Waals surface area contributed by atoms with Crippen molar-refractivity contribution in [1.82, 2.24) is 5.32 Å². The largest absolute Gasteiger partial charge is 0.370 e. The van der Waals surface area contributed by atoms with Crippen LogP contribution in [0.5, 0.6) is 0 Å². The Morgan fingerprint density at radius 1 is 1.00 bits per heavy atom. The average molecular weight is 282 g/mol. The summed E-state index contributed by atoms with van der Waals surface area (Å²) in [5.74, 6) is -0.240. The number of nitrogens with one attached hydrogen (secondary N) is 1. The molecule has 0 heterocycles. The van der Waals surface area contributed by atoms with Crippen LogP contribution >= 0.6 is 0 Å². The van der Waals surface area contributed by atoms with Crippen molar-refractivity contribution in [1.29, 1.82) is 0 Å². The number of hydrogen-bond acceptors (Lipinski definition) is 2. The summed E-state index contributed by atoms with van der Waals surface area (Å²) in [5.41, 5.74) is 7.74. The van der Waals surface area contributed by atoms with Crippen LogP contribution in [0.2, 0.25) is 0 Å². The van der Waals surface area contributed by atoms with Crippen molar-refractivity contribution < 1.29 is 4.79 Å². The monoisotopic (exact) mass is 282 g/mol. The molecule has 1 amide bonds. The minimum Gasteiger partial charge on any atom is -0.370 e. The Labute approximate surface area is 126 Å². The van der Waals surface area contributed by atoms with Gasteiger partial charge >= 0.3 is 0 Å². The molecule has 0 radical (unpaired) electrons. The van der Waals surface area contributed by atoms with Crippen LogP contribution in [-0.4, -0.2) is 12.5 Å². The van der Waals surface area contributed by atoms with Crippen molar-refractivity contribution in [2.45, 2.75) is 25.3 Å². The van der Waals surface area contributed by atoms with E-state index in [1.54, 1.807) is 0 Å². The molecule has 110 valence electrons. The van der Waals surface area contributed by atoms with E-state index in [-0.39, 0.29) is 11.9 Å². The van der Waals surface area contributed by atoms with Gasteiger partial charge in [-0.1, -0.05) is 60.7 Å². The molecular weight excluding hydrogens is 260 g/mol. The maximum Gasteiger partial charge on any atom is 0.217 e. The molecule has 21 heavy (non-hydrogen) atoms. The topological polar surface area (TPSA) is 55.1 Å². The van der Waals surface area contributed by atoms with Crippen LogP contribution < -0.4 is 11.1 Å². The van der Waals surface area contributed by atoms with Gasteiger partial charge in [0.2, 0.25) is 5.91 Å². The molecule has 2 aromatic carbocycles. The van der Waals surface area contributed by atoms with Crippen LogP contribution in [0.3, 0.4) is 0 Å². The minimum atomic E-state index is -0.240. The van der Waals surface area contributed by atoms with Crippen LogP contribution in [0, 0.1) is 0 Å². The molecule has 0 saturated carbocycles. The SMILES string of the molecule is NC(=O)CCCNC(Cc1ccccc1)c1ccccc1. The van der Waals surface area contributed by atoms with Crippen molar-refractivity contribution in [3.8, 4) is 0 Å². The first-order chi connectivity index (χ1) is 10.3. The van der Waals surface area contributed by atoms with Crippen LogP contribution in [-0.2, 0) is 11.2 Å². The van der Waals surface area contributed by atoms with Gasteiger partial charge in [-0.15, -0.1) is 0 Å². The number of primary amides is 1. The average Bonchev–Trinajstić information content (AvgIpc) is 2.52. The number of amides is 1. The van der Waals surface area contributed by atoms with E-state index in [1.165, 1.54) is 11.1 Å². The van der Waals surface area contributed by atoms with Crippen molar-refractivity contribution in [3.63, 3.8) is 0 Å². The molecule has 0 aliphatic heterocycles. The van der Waals surface area contributed by atoms with Gasteiger partial charge in [0.05, 0.1) is 0 Å². The third-order valence-corrected chi connectivity index (χ3v) is 3.48. The highest BCUT2D eigenvalue weighted by Crippen LogP contribution is 2.18. The summed E-state index contributed by atoms with van der Waals surface area (Å²) < 4.78 is 0. The summed E-state index contributed by atoms with van der Waals surface area (Å²) in [6.07, 6.45) is 2.13. The maximum atomic E-state index is 10.8. The molecule has 0 fully saturated rings. The highest BCUT2D eigenvalue weighted by atomic mass is 16.1. The quantitative estimate of drug-likeness (QED) is 0.731. The zero-order chi connectivity index (χ0) is 14.9. The fourth-order valence-corrected chi connectivity index (χ4v) is 2.38. The van der Waals surface area contributed by atoms with E-state index in [0.29, 0.717) is 6.42 Å². The van der Waals surface area contributed by atoms with E-state index in [2.05, 4.69) is 53.8 Å². The predicted molar refractivity (Wildman–Crippen MR) is 85.8 cm³/mol. The molecule has 3 nitrogen and oxygen atoms in total. The lowest BCUT2D eigenvalue weighted by Crippen LogP contribution is -2.25. The first-order valence-corrected chi connectivity index (χ1v) is 7.36. The molecule has 0 spiro atoms. The van der Waals surface area contributed by atoms with Crippen molar-refractivity contribution in [2.24, 2.45) is 5.73 Å². The van der Waals surface area contributed by atoms with Crippen molar-refractivity contribution >= 4 is 5.91 Å². The molecule has 3 heteroatoms. The summed E-state index contributed by atoms with van der Waals surface area (Å²) >= 11 is 0. The van der Waals surface area contributed by atoms with Crippen LogP contribution in [0.25, 0.3) is 0 Å². The minimum absolute atomic E-state index is 0.240. The summed E-state index contributed by atoms with van der Waals surface area (Å²) in [7, 11) is 0. The van der Waals surface area contributed by atoms with E-state index in [9.17, 15) is 4.79 Å². The molecule has 0 aliphatic carbocycles. The van der Waals surface area contributed by atoms with Gasteiger partial charge in [-0.2, -0.15) is 0 Å². The zero-order valence-electron chi connectivity index (χ0n) is 12.2. The molecule has 2 rings (SSSR count). The van der Waals surface area contributed by atoms with Crippen molar-refractivity contribution in [2.75, 3.05) is 6.54 Å². The fraction of sp³-hybridized carbons (Fsp3) is 0.278. The summed E-state index contributed by atoms with van der Waals surface area (Å²) in [6.45, 7) is 0.787. The molecule has 1 unspecified atom stereocenters. The molecule has 0 bridgehead atoms. The number of benzene rings is 2. The second-order valence-corrected chi connectivity index (χ2v) is 5.18. The van der Waals surface area contributed by atoms with Gasteiger partial charge in [0.25, 0.3) is 0 Å². The number of carbonyl (C=O) groups excluding carboxylic acids is 1. The van der Waals surface area contributed by atoms with E-state index in [1.807, 2.05) is 12.1 Å². The van der Waals surface area contributed by atoms with Crippen molar-refractivity contribution in [3.05, 3.63) is 71.8 Å². The maximum absolute atomic E-state index is 10.8. The van der Waals surface area contributed by atoms with Gasteiger partial charge in [-0.3, -0.25) is 4.79 Å². The van der Waals surface area contributed by atoms with E-state index >= 15 is 0 Å². The second-order valence-electron chi connectivity index (χ2n) is 5.18. The summed E-state index contributed by atoms with van der Waals surface area (Å²) in [4.78, 5) is 10.8. The number of nitrogens with two attached hydrogens (primary N) is 1. The highest BCUT2D eigenvalue weighted by molar-refractivity contribution is 5.73. The molecular formula is C18H22N2O. The Morgan fingerprint density at radius 2 is 1.62 bits per heavy atom. The van der Waals surface area contributed by atoms with E-state index in [0.717, 1.165) is 19.4 Å². The Balaban J connectivity index is 1.99. The zero-order valence-corrected chi connectivity index (χ0v) is 12.2. The van der Waals surface area contributed by atoms with Gasteiger partial charge in [-0.25, -0.2) is 0 Å². The molecule has 2 aromatic rings. The molecule has 3 N–H and O–H groups in total. The van der Waals surface area contributed by atoms with Gasteiger partial charge < -0.3 is 11.1 Å². The van der Waals surface area contributed by atoms with Gasteiger partial charge in [0, 0.05) is 12.5 Å². The first-order valence-electron chi connectivity index (χ1n) is 7.36. The lowest BCUT2D eigenvalue weighted by Gasteiger charge is -2.19. The molecule has 0 saturated heterocycles. The predicted octanol–water partition coefficient (Wildman–Crippen LogP) is 2.83. The lowest BCUT2D eigenvalue weighted by atomic mass is 9.99. The molecule has 0 aliphatic rings. The normalized spacial score (nSPS) is 12.0. The Kier molecular flexibility index (Phi) is 5.98. The first kappa shape index (κ1) is 15.3. The second kappa shape index (κ2) is 8.22. The number of hydrogen-bond donors (Lipinski definition) is 2. The van der Waals surface area contributed by atoms with Crippen LogP contribution in [0.4, 0.5) is 0 Å². The fourth-order valence-electron chi connectivity index (χ4n) is 2.38. The van der Waals surface area contributed by atoms with Gasteiger partial charge in [0.15, 0.2) is 0 Å². The Morgan fingerprint density at radius 3 is 2.24 bits per heavy atom. The Hall–Kier alpha value is -2.13. The summed E-state index contributed by atoms with van der Waals surface area (Å²) in [6, 6.07) is 21.1. The molecule has 0 aromatic heterocycles. The van der Waals surface area contributed by atoms with Crippen LogP contribution in [0.1, 0.15) is 30.0 Å². The molecule has 1 atom stereocenters. The third-order valence-electron chi connectivity index (χ3n) is 3.48. The third kappa shape index (κ3) is 5.40. The van der Waals surface area contributed by atoms with Gasteiger partial charge in [-0.05, 0) is 30.5 Å². The number of carbonyl (C=O) groups is 1. The Bertz CT molecular complexity index is 540. The summed E-state index contributed by atoms with van der Waals surface area (Å²) in [5, 5.41) is 3.53. The number of rotatable bonds is 8. The van der Waals surface area contributed by atoms with E-state index in [4.69, 9.17) is 5.73 Å². The smallest absolute Gasteiger partial charge is 0.217 e. The highest BCUT2D eigenvalue weighted by Gasteiger charge is 2.11. The standard InChI is InChI=1S/C18H22N2O/c19-18(21)12-7-13-20-17(16-10-5-2-6-11-16)14-15-8-3-1-4-9-15/h1-6,8-11,17,20H,7,12-14H2,(H2,19,21). The van der Waals surface area contributed by atoms with Gasteiger partial charge in [0.1, 0.15) is 0 Å². The lowest BCUT2D eigenvalue weighted by molar-refractivity contribution is -0.118. The van der Waals surface area contributed by atoms with Crippen LogP contribution in [0.15, 0.2) is 60.7 Å². The van der Waals surface area contributed by atoms with E-state index < -0.39 is 0 Å².